The number of anilines is 1. The van der Waals surface area contributed by atoms with Crippen LogP contribution in [0, 0.1) is 0 Å². The average Bonchev–Trinajstić information content (AvgIpc) is 2.80. The maximum absolute atomic E-state index is 13.4. The number of ether oxygens (including phenoxy) is 2. The molecule has 8 nitrogen and oxygen atoms in total. The number of amides is 3. The van der Waals surface area contributed by atoms with Crippen molar-refractivity contribution >= 4 is 29.7 Å². The maximum Gasteiger partial charge on any atom is 0.408 e. The SMILES string of the molecule is C=Cc1cccc(C(C(=O)Nc2ccc(OC)cc2)N(CC)C(=O)CNC(=O)OC(C)(C)C)c1. The maximum atomic E-state index is 13.4. The van der Waals surface area contributed by atoms with Crippen LogP contribution in [-0.2, 0) is 14.3 Å². The van der Waals surface area contributed by atoms with E-state index in [1.165, 1.54) is 4.90 Å². The number of nitrogens with zero attached hydrogens (tertiary/aromatic N) is 1. The van der Waals surface area contributed by atoms with E-state index in [0.29, 0.717) is 17.0 Å². The summed E-state index contributed by atoms with van der Waals surface area (Å²) in [5.41, 5.74) is 1.31. The highest BCUT2D eigenvalue weighted by Gasteiger charge is 2.31. The molecule has 0 saturated heterocycles. The van der Waals surface area contributed by atoms with E-state index < -0.39 is 23.6 Å². The largest absolute Gasteiger partial charge is 0.497 e. The molecular formula is C26H33N3O5. The summed E-state index contributed by atoms with van der Waals surface area (Å²) >= 11 is 0. The van der Waals surface area contributed by atoms with Crippen LogP contribution in [0.5, 0.6) is 5.75 Å². The second-order valence-electron chi connectivity index (χ2n) is 8.53. The highest BCUT2D eigenvalue weighted by molar-refractivity contribution is 5.98. The third-order valence-electron chi connectivity index (χ3n) is 4.82. The molecule has 0 radical (unpaired) electrons. The molecule has 34 heavy (non-hydrogen) atoms. The van der Waals surface area contributed by atoms with Crippen molar-refractivity contribution in [3.63, 3.8) is 0 Å². The Morgan fingerprint density at radius 1 is 1.12 bits per heavy atom. The van der Waals surface area contributed by atoms with Gasteiger partial charge in [-0.3, -0.25) is 9.59 Å². The van der Waals surface area contributed by atoms with Crippen LogP contribution >= 0.6 is 0 Å². The van der Waals surface area contributed by atoms with Gasteiger partial charge in [0, 0.05) is 12.2 Å². The number of likely N-dealkylation sites (N-methyl/N-ethyl adjacent to an activating group) is 1. The van der Waals surface area contributed by atoms with Crippen LogP contribution in [-0.4, -0.2) is 48.6 Å². The summed E-state index contributed by atoms with van der Waals surface area (Å²) in [6.45, 7) is 10.7. The highest BCUT2D eigenvalue weighted by Crippen LogP contribution is 2.25. The smallest absolute Gasteiger partial charge is 0.408 e. The van der Waals surface area contributed by atoms with Crippen LogP contribution in [0.4, 0.5) is 10.5 Å². The lowest BCUT2D eigenvalue weighted by atomic mass is 10.0. The van der Waals surface area contributed by atoms with Crippen molar-refractivity contribution in [2.45, 2.75) is 39.3 Å². The lowest BCUT2D eigenvalue weighted by Gasteiger charge is -2.31. The predicted molar refractivity (Wildman–Crippen MR) is 133 cm³/mol. The Balaban J connectivity index is 2.30. The Labute approximate surface area is 200 Å². The monoisotopic (exact) mass is 467 g/mol. The standard InChI is InChI=1S/C26H33N3O5/c1-7-18-10-9-11-19(16-18)23(24(31)28-20-12-14-21(33-6)15-13-20)29(8-2)22(30)17-27-25(32)34-26(3,4)5/h7,9-16,23H,1,8,17H2,2-6H3,(H,27,32)(H,28,31). The zero-order chi connectivity index (χ0) is 25.3. The minimum absolute atomic E-state index is 0.244. The Morgan fingerprint density at radius 3 is 2.35 bits per heavy atom. The number of methoxy groups -OCH3 is 1. The number of rotatable bonds is 9. The van der Waals surface area contributed by atoms with E-state index >= 15 is 0 Å². The first kappa shape index (κ1) is 26.4. The van der Waals surface area contributed by atoms with Crippen molar-refractivity contribution in [2.75, 3.05) is 25.5 Å². The first-order valence-corrected chi connectivity index (χ1v) is 11.0. The summed E-state index contributed by atoms with van der Waals surface area (Å²) in [4.78, 5) is 40.0. The average molecular weight is 468 g/mol. The van der Waals surface area contributed by atoms with Gasteiger partial charge in [-0.2, -0.15) is 0 Å². The van der Waals surface area contributed by atoms with Crippen molar-refractivity contribution in [3.05, 3.63) is 66.2 Å². The van der Waals surface area contributed by atoms with E-state index in [1.54, 1.807) is 77.3 Å². The van der Waals surface area contributed by atoms with Gasteiger partial charge in [0.2, 0.25) is 5.91 Å². The fourth-order valence-electron chi connectivity index (χ4n) is 3.28. The molecule has 2 N–H and O–H groups in total. The van der Waals surface area contributed by atoms with E-state index in [-0.39, 0.29) is 19.0 Å². The van der Waals surface area contributed by atoms with E-state index in [1.807, 2.05) is 12.1 Å². The Morgan fingerprint density at radius 2 is 1.79 bits per heavy atom. The first-order valence-electron chi connectivity index (χ1n) is 11.0. The van der Waals surface area contributed by atoms with Crippen molar-refractivity contribution in [3.8, 4) is 5.75 Å². The van der Waals surface area contributed by atoms with Crippen molar-refractivity contribution in [1.82, 2.24) is 10.2 Å². The second-order valence-corrected chi connectivity index (χ2v) is 8.53. The molecule has 0 aliphatic heterocycles. The Kier molecular flexibility index (Phi) is 9.24. The van der Waals surface area contributed by atoms with Gasteiger partial charge in [-0.15, -0.1) is 0 Å². The second kappa shape index (κ2) is 11.9. The number of benzene rings is 2. The van der Waals surface area contributed by atoms with Crippen molar-refractivity contribution in [1.29, 1.82) is 0 Å². The fourth-order valence-corrected chi connectivity index (χ4v) is 3.28. The van der Waals surface area contributed by atoms with Gasteiger partial charge in [-0.25, -0.2) is 4.79 Å². The van der Waals surface area contributed by atoms with Crippen LogP contribution in [0.3, 0.4) is 0 Å². The third kappa shape index (κ3) is 7.65. The van der Waals surface area contributed by atoms with Crippen molar-refractivity contribution < 1.29 is 23.9 Å². The molecular weight excluding hydrogens is 434 g/mol. The number of carbonyl (C=O) groups excluding carboxylic acids is 3. The van der Waals surface area contributed by atoms with E-state index in [9.17, 15) is 14.4 Å². The molecule has 0 aromatic heterocycles. The predicted octanol–water partition coefficient (Wildman–Crippen LogP) is 4.39. The minimum Gasteiger partial charge on any atom is -0.497 e. The minimum atomic E-state index is -0.931. The quantitative estimate of drug-likeness (QED) is 0.570. The number of alkyl carbamates (subject to hydrolysis) is 1. The van der Waals surface area contributed by atoms with Crippen molar-refractivity contribution in [2.24, 2.45) is 0 Å². The summed E-state index contributed by atoms with van der Waals surface area (Å²) < 4.78 is 10.4. The molecule has 0 aliphatic carbocycles. The fraction of sp³-hybridized carbons (Fsp3) is 0.346. The zero-order valence-electron chi connectivity index (χ0n) is 20.4. The molecule has 2 aromatic carbocycles. The van der Waals surface area contributed by atoms with Gasteiger partial charge in [-0.1, -0.05) is 30.9 Å². The van der Waals surface area contributed by atoms with Gasteiger partial charge in [0.15, 0.2) is 0 Å². The van der Waals surface area contributed by atoms with Crippen LogP contribution in [0.1, 0.15) is 44.9 Å². The summed E-state index contributed by atoms with van der Waals surface area (Å²) in [7, 11) is 1.56. The topological polar surface area (TPSA) is 97.0 Å². The number of nitrogens with one attached hydrogen (secondary N) is 2. The van der Waals surface area contributed by atoms with E-state index in [2.05, 4.69) is 17.2 Å². The van der Waals surface area contributed by atoms with Gasteiger partial charge in [0.25, 0.3) is 5.91 Å². The molecule has 0 heterocycles. The van der Waals surface area contributed by atoms with Gasteiger partial charge in [0.05, 0.1) is 7.11 Å². The molecule has 2 rings (SSSR count). The summed E-state index contributed by atoms with van der Waals surface area (Å²) in [6, 6.07) is 13.2. The van der Waals surface area contributed by atoms with Crippen LogP contribution in [0.25, 0.3) is 6.08 Å². The summed E-state index contributed by atoms with van der Waals surface area (Å²) in [5.74, 6) is -0.155. The van der Waals surface area contributed by atoms with Crippen LogP contribution in [0.2, 0.25) is 0 Å². The molecule has 0 bridgehead atoms. The normalized spacial score (nSPS) is 11.7. The molecule has 0 saturated carbocycles. The molecule has 182 valence electrons. The molecule has 1 unspecified atom stereocenters. The molecule has 8 heteroatoms. The molecule has 0 spiro atoms. The molecule has 1 atom stereocenters. The first-order chi connectivity index (χ1) is 16.1. The molecule has 3 amide bonds. The van der Waals surface area contributed by atoms with Crippen LogP contribution in [0.15, 0.2) is 55.1 Å². The highest BCUT2D eigenvalue weighted by atomic mass is 16.6. The number of carbonyl (C=O) groups is 3. The Hall–Kier alpha value is -3.81. The number of hydrogen-bond donors (Lipinski definition) is 2. The van der Waals surface area contributed by atoms with Gasteiger partial charge in [-0.05, 0) is 69.2 Å². The van der Waals surface area contributed by atoms with E-state index in [4.69, 9.17) is 9.47 Å². The summed E-state index contributed by atoms with van der Waals surface area (Å²) in [6.07, 6.45) is 0.967. The van der Waals surface area contributed by atoms with Crippen LogP contribution < -0.4 is 15.4 Å². The van der Waals surface area contributed by atoms with Gasteiger partial charge >= 0.3 is 6.09 Å². The van der Waals surface area contributed by atoms with Gasteiger partial charge in [0.1, 0.15) is 23.9 Å². The third-order valence-corrected chi connectivity index (χ3v) is 4.82. The molecule has 0 fully saturated rings. The molecule has 0 aliphatic rings. The zero-order valence-corrected chi connectivity index (χ0v) is 20.4. The lowest BCUT2D eigenvalue weighted by molar-refractivity contribution is -0.138. The number of hydrogen-bond acceptors (Lipinski definition) is 5. The summed E-state index contributed by atoms with van der Waals surface area (Å²) in [5, 5.41) is 5.34. The van der Waals surface area contributed by atoms with E-state index in [0.717, 1.165) is 5.56 Å². The molecule has 2 aromatic rings. The van der Waals surface area contributed by atoms with Gasteiger partial charge < -0.3 is 25.0 Å². The lowest BCUT2D eigenvalue weighted by Crippen LogP contribution is -2.46. The Bertz CT molecular complexity index is 1010.